The summed E-state index contributed by atoms with van der Waals surface area (Å²) in [7, 11) is -4.64. The number of carboxylic acids is 1. The number of carboxylic acid groups (broad SMARTS) is 1. The van der Waals surface area contributed by atoms with Crippen molar-refractivity contribution in [3.63, 3.8) is 0 Å². The fraction of sp³-hybridized carbons (Fsp3) is 0.818. The van der Waals surface area contributed by atoms with E-state index < -0.39 is 69.0 Å². The predicted octanol–water partition coefficient (Wildman–Crippen LogP) is -4.80. The van der Waals surface area contributed by atoms with Crippen molar-refractivity contribution in [3.05, 3.63) is 0 Å². The number of hydrogen-bond donors (Lipinski definition) is 10. The van der Waals surface area contributed by atoms with Crippen LogP contribution < -0.4 is 5.32 Å². The summed E-state index contributed by atoms with van der Waals surface area (Å²) in [6.07, 6.45) is -7.48. The molecule has 15 heteroatoms. The van der Waals surface area contributed by atoms with Gasteiger partial charge in [0, 0.05) is 13.3 Å². The largest absolute Gasteiger partial charge is 0.477 e. The molecule has 0 unspecified atom stereocenters. The van der Waals surface area contributed by atoms with Gasteiger partial charge in [0.25, 0.3) is 5.79 Å². The number of hydrogen-bond acceptors (Lipinski definition) is 9. The molecule has 0 radical (unpaired) electrons. The number of carbonyl (C=O) groups excluding carboxylic acids is 1. The molecule has 1 rings (SSSR count). The SMILES string of the molecule is CC(=O)N[C@H]1[C@H]([C@H](O)[C@H](O)CO)O[C@](O)(C(=O)O)C[C@@H]1O.O=P(O)(O)O. The molecule has 1 saturated heterocycles. The van der Waals surface area contributed by atoms with E-state index in [1.807, 2.05) is 0 Å². The summed E-state index contributed by atoms with van der Waals surface area (Å²) in [5, 5.41) is 59.0. The van der Waals surface area contributed by atoms with Gasteiger partial charge in [-0.05, 0) is 0 Å². The number of aliphatic carboxylic acids is 1. The Balaban J connectivity index is 0.00000110. The first-order valence-electron chi connectivity index (χ1n) is 6.96. The third-order valence-corrected chi connectivity index (χ3v) is 3.21. The topological polar surface area (TPSA) is 255 Å². The first kappa shape index (κ1) is 24.8. The summed E-state index contributed by atoms with van der Waals surface area (Å²) >= 11 is 0. The molecule has 1 fully saturated rings. The van der Waals surface area contributed by atoms with Crippen LogP contribution in [0.25, 0.3) is 0 Å². The average molecular weight is 407 g/mol. The Bertz CT molecular complexity index is 530. The van der Waals surface area contributed by atoms with Crippen LogP contribution in [0.5, 0.6) is 0 Å². The molecule has 1 amide bonds. The quantitative estimate of drug-likeness (QED) is 0.192. The molecule has 6 atom stereocenters. The van der Waals surface area contributed by atoms with Crippen molar-refractivity contribution in [2.45, 2.75) is 49.6 Å². The lowest BCUT2D eigenvalue weighted by Gasteiger charge is -2.44. The van der Waals surface area contributed by atoms with Gasteiger partial charge in [-0.15, -0.1) is 0 Å². The Labute approximate surface area is 146 Å². The second kappa shape index (κ2) is 9.66. The Hall–Kier alpha value is -1.19. The summed E-state index contributed by atoms with van der Waals surface area (Å²) in [6, 6.07) is -1.27. The van der Waals surface area contributed by atoms with Crippen LogP contribution in [-0.2, 0) is 18.9 Å². The molecule has 154 valence electrons. The van der Waals surface area contributed by atoms with Crippen molar-refractivity contribution in [2.75, 3.05) is 6.61 Å². The third kappa shape index (κ3) is 8.01. The highest BCUT2D eigenvalue weighted by Gasteiger charge is 2.53. The Morgan fingerprint density at radius 1 is 1.31 bits per heavy atom. The number of aliphatic hydroxyl groups is 5. The van der Waals surface area contributed by atoms with Crippen molar-refractivity contribution in [1.82, 2.24) is 5.32 Å². The van der Waals surface area contributed by atoms with Gasteiger partial charge in [0.15, 0.2) is 0 Å². The molecule has 0 saturated carbocycles. The van der Waals surface area contributed by atoms with Crippen LogP contribution in [0.3, 0.4) is 0 Å². The normalized spacial score (nSPS) is 31.2. The van der Waals surface area contributed by atoms with Gasteiger partial charge in [-0.1, -0.05) is 0 Å². The zero-order chi connectivity index (χ0) is 20.9. The average Bonchev–Trinajstić information content (AvgIpc) is 2.46. The highest BCUT2D eigenvalue weighted by Crippen LogP contribution is 2.30. The number of aliphatic hydroxyl groups excluding tert-OH is 4. The number of rotatable bonds is 5. The van der Waals surface area contributed by atoms with Crippen LogP contribution >= 0.6 is 7.82 Å². The van der Waals surface area contributed by atoms with E-state index in [1.165, 1.54) is 0 Å². The van der Waals surface area contributed by atoms with E-state index in [2.05, 4.69) is 5.32 Å². The molecule has 1 heterocycles. The van der Waals surface area contributed by atoms with Gasteiger partial charge >= 0.3 is 13.8 Å². The molecular formula is C11H22NO13P. The summed E-state index contributed by atoms with van der Waals surface area (Å²) in [5.41, 5.74) is 0. The standard InChI is InChI=1S/C11H19NO9.H3O4P/c1-4(14)12-7-5(15)2-11(20,10(18)19)21-9(7)8(17)6(16)3-13;1-5(2,3)4/h5-9,13,15-17,20H,2-3H2,1H3,(H,12,14)(H,18,19);(H3,1,2,3,4)/t5-,6+,7+,8+,9+,11-;/m0./s1. The van der Waals surface area contributed by atoms with E-state index in [1.54, 1.807) is 0 Å². The summed E-state index contributed by atoms with van der Waals surface area (Å²) in [6.45, 7) is 0.256. The first-order valence-corrected chi connectivity index (χ1v) is 8.53. The van der Waals surface area contributed by atoms with Gasteiger partial charge in [-0.2, -0.15) is 0 Å². The molecule has 26 heavy (non-hydrogen) atoms. The van der Waals surface area contributed by atoms with Gasteiger partial charge < -0.3 is 55.4 Å². The van der Waals surface area contributed by atoms with E-state index in [9.17, 15) is 30.0 Å². The number of nitrogens with one attached hydrogen (secondary N) is 1. The number of carbonyl (C=O) groups is 2. The molecular weight excluding hydrogens is 385 g/mol. The van der Waals surface area contributed by atoms with Crippen LogP contribution in [0.15, 0.2) is 0 Å². The van der Waals surface area contributed by atoms with Crippen molar-refractivity contribution in [3.8, 4) is 0 Å². The maximum atomic E-state index is 11.1. The summed E-state index contributed by atoms with van der Waals surface area (Å²) in [5.74, 6) is -5.17. The maximum absolute atomic E-state index is 11.1. The molecule has 0 aromatic heterocycles. The van der Waals surface area contributed by atoms with Crippen molar-refractivity contribution in [1.29, 1.82) is 0 Å². The van der Waals surface area contributed by atoms with Gasteiger partial charge in [-0.3, -0.25) is 4.79 Å². The Kier molecular flexibility index (Phi) is 9.22. The van der Waals surface area contributed by atoms with Crippen LogP contribution in [0.2, 0.25) is 0 Å². The zero-order valence-corrected chi connectivity index (χ0v) is 14.3. The molecule has 0 aromatic rings. The van der Waals surface area contributed by atoms with Crippen molar-refractivity contribution < 1.29 is 64.2 Å². The molecule has 0 spiro atoms. The summed E-state index contributed by atoms with van der Waals surface area (Å²) < 4.78 is 13.7. The molecule has 0 aliphatic carbocycles. The summed E-state index contributed by atoms with van der Waals surface area (Å²) in [4.78, 5) is 43.7. The molecule has 1 aliphatic heterocycles. The number of phosphoric acid groups is 1. The molecule has 14 nitrogen and oxygen atoms in total. The number of ether oxygens (including phenoxy) is 1. The second-order valence-electron chi connectivity index (χ2n) is 5.42. The molecule has 0 aromatic carbocycles. The van der Waals surface area contributed by atoms with E-state index in [4.69, 9.17) is 34.2 Å². The molecule has 10 N–H and O–H groups in total. The van der Waals surface area contributed by atoms with E-state index in [0.717, 1.165) is 6.92 Å². The van der Waals surface area contributed by atoms with Crippen LogP contribution in [0.1, 0.15) is 13.3 Å². The lowest BCUT2D eigenvalue weighted by Crippen LogP contribution is -2.67. The minimum atomic E-state index is -4.64. The van der Waals surface area contributed by atoms with E-state index >= 15 is 0 Å². The maximum Gasteiger partial charge on any atom is 0.466 e. The number of amides is 1. The van der Waals surface area contributed by atoms with Gasteiger partial charge in [0.1, 0.15) is 18.3 Å². The third-order valence-electron chi connectivity index (χ3n) is 3.21. The van der Waals surface area contributed by atoms with E-state index in [-0.39, 0.29) is 0 Å². The van der Waals surface area contributed by atoms with Gasteiger partial charge in [0.2, 0.25) is 5.91 Å². The zero-order valence-electron chi connectivity index (χ0n) is 13.4. The Morgan fingerprint density at radius 2 is 1.77 bits per heavy atom. The monoisotopic (exact) mass is 407 g/mol. The fourth-order valence-corrected chi connectivity index (χ4v) is 2.14. The highest BCUT2D eigenvalue weighted by atomic mass is 31.2. The fourth-order valence-electron chi connectivity index (χ4n) is 2.14. The minimum absolute atomic E-state index is 0.598. The Morgan fingerprint density at radius 3 is 2.12 bits per heavy atom. The van der Waals surface area contributed by atoms with Gasteiger partial charge in [-0.25, -0.2) is 9.36 Å². The molecule has 1 aliphatic rings. The van der Waals surface area contributed by atoms with Crippen LogP contribution in [-0.4, -0.2) is 100 Å². The van der Waals surface area contributed by atoms with Crippen molar-refractivity contribution in [2.24, 2.45) is 0 Å². The van der Waals surface area contributed by atoms with Crippen LogP contribution in [0, 0.1) is 0 Å². The van der Waals surface area contributed by atoms with Crippen LogP contribution in [0.4, 0.5) is 0 Å². The van der Waals surface area contributed by atoms with Crippen molar-refractivity contribution >= 4 is 19.7 Å². The first-order chi connectivity index (χ1) is 11.6. The lowest BCUT2D eigenvalue weighted by atomic mass is 9.88. The second-order valence-corrected chi connectivity index (χ2v) is 6.45. The molecule has 0 bridgehead atoms. The lowest BCUT2D eigenvalue weighted by molar-refractivity contribution is -0.295. The minimum Gasteiger partial charge on any atom is -0.477 e. The van der Waals surface area contributed by atoms with Gasteiger partial charge in [0.05, 0.1) is 18.8 Å². The predicted molar refractivity (Wildman–Crippen MR) is 79.0 cm³/mol. The van der Waals surface area contributed by atoms with E-state index in [0.29, 0.717) is 0 Å². The highest BCUT2D eigenvalue weighted by molar-refractivity contribution is 7.45. The smallest absolute Gasteiger partial charge is 0.466 e.